The maximum absolute atomic E-state index is 12.3. The van der Waals surface area contributed by atoms with E-state index < -0.39 is 6.04 Å². The van der Waals surface area contributed by atoms with Gasteiger partial charge in [0.05, 0.1) is 11.3 Å². The summed E-state index contributed by atoms with van der Waals surface area (Å²) in [5, 5.41) is 8.96. The van der Waals surface area contributed by atoms with E-state index in [9.17, 15) is 9.59 Å². The molecule has 0 fully saturated rings. The van der Waals surface area contributed by atoms with Crippen molar-refractivity contribution in [2.24, 2.45) is 5.92 Å². The van der Waals surface area contributed by atoms with E-state index >= 15 is 0 Å². The van der Waals surface area contributed by atoms with Crippen LogP contribution in [0.1, 0.15) is 29.9 Å². The largest absolute Gasteiger partial charge is 0.378 e. The third kappa shape index (κ3) is 3.44. The Balaban J connectivity index is 2.94. The Bertz CT molecular complexity index is 470. The second-order valence-corrected chi connectivity index (χ2v) is 5.30. The average Bonchev–Trinajstić information content (AvgIpc) is 2.75. The summed E-state index contributed by atoms with van der Waals surface area (Å²) < 4.78 is 4.14. The smallest absolute Gasteiger partial charge is 0.256 e. The first-order valence-corrected chi connectivity index (χ1v) is 6.86. The van der Waals surface area contributed by atoms with Crippen molar-refractivity contribution in [2.45, 2.75) is 26.8 Å². The fourth-order valence-corrected chi connectivity index (χ4v) is 2.45. The van der Waals surface area contributed by atoms with Crippen LogP contribution in [0, 0.1) is 12.8 Å². The summed E-state index contributed by atoms with van der Waals surface area (Å²) in [5.74, 6) is -0.470. The van der Waals surface area contributed by atoms with E-state index in [0.717, 1.165) is 0 Å². The number of hydrogen-bond donors (Lipinski definition) is 3. The number of hydrogen-bond acceptors (Lipinski definition) is 5. The van der Waals surface area contributed by atoms with Crippen molar-refractivity contribution in [3.05, 3.63) is 11.3 Å². The number of rotatable bonds is 5. The van der Waals surface area contributed by atoms with Crippen molar-refractivity contribution in [1.82, 2.24) is 15.0 Å². The van der Waals surface area contributed by atoms with E-state index in [2.05, 4.69) is 20.3 Å². The molecule has 1 atom stereocenters. The molecule has 2 amide bonds. The Hall–Kier alpha value is -1.63. The van der Waals surface area contributed by atoms with Gasteiger partial charge < -0.3 is 16.0 Å². The molecule has 0 saturated heterocycles. The first kappa shape index (κ1) is 15.4. The van der Waals surface area contributed by atoms with Gasteiger partial charge in [-0.05, 0) is 24.4 Å². The van der Waals surface area contributed by atoms with Gasteiger partial charge in [-0.3, -0.25) is 9.59 Å². The molecule has 7 heteroatoms. The highest BCUT2D eigenvalue weighted by atomic mass is 32.1. The zero-order valence-corrected chi connectivity index (χ0v) is 12.6. The molecule has 1 rings (SSSR count). The maximum Gasteiger partial charge on any atom is 0.256 e. The summed E-state index contributed by atoms with van der Waals surface area (Å²) >= 11 is 1.23. The summed E-state index contributed by atoms with van der Waals surface area (Å²) in [5.41, 5.74) is 1.16. The van der Waals surface area contributed by atoms with E-state index in [-0.39, 0.29) is 17.7 Å². The van der Waals surface area contributed by atoms with E-state index in [0.29, 0.717) is 16.3 Å². The molecule has 0 radical (unpaired) electrons. The quantitative estimate of drug-likeness (QED) is 0.753. The summed E-state index contributed by atoms with van der Waals surface area (Å²) in [4.78, 5) is 24.0. The number of likely N-dealkylation sites (N-methyl/N-ethyl adjacent to an activating group) is 1. The van der Waals surface area contributed by atoms with Crippen molar-refractivity contribution in [2.75, 3.05) is 19.4 Å². The fraction of sp³-hybridized carbons (Fsp3) is 0.583. The molecule has 0 aromatic carbocycles. The molecular formula is C12H20N4O2S. The number of carbonyl (C=O) groups is 2. The first-order chi connectivity index (χ1) is 8.92. The molecule has 1 aromatic rings. The van der Waals surface area contributed by atoms with Crippen molar-refractivity contribution >= 4 is 28.3 Å². The number of carbonyl (C=O) groups excluding carboxylic acids is 2. The number of amides is 2. The summed E-state index contributed by atoms with van der Waals surface area (Å²) in [7, 11) is 3.29. The highest BCUT2D eigenvalue weighted by molar-refractivity contribution is 7.10. The Kier molecular flexibility index (Phi) is 5.29. The van der Waals surface area contributed by atoms with Crippen LogP contribution in [0.25, 0.3) is 0 Å². The second-order valence-electron chi connectivity index (χ2n) is 4.53. The van der Waals surface area contributed by atoms with Crippen LogP contribution in [0.5, 0.6) is 0 Å². The van der Waals surface area contributed by atoms with Crippen molar-refractivity contribution in [3.8, 4) is 0 Å². The van der Waals surface area contributed by atoms with Gasteiger partial charge in [0.25, 0.3) is 5.91 Å². The van der Waals surface area contributed by atoms with Crippen LogP contribution in [-0.4, -0.2) is 36.3 Å². The predicted molar refractivity (Wildman–Crippen MR) is 76.6 cm³/mol. The van der Waals surface area contributed by atoms with Crippen LogP contribution in [-0.2, 0) is 4.79 Å². The van der Waals surface area contributed by atoms with Gasteiger partial charge in [-0.25, -0.2) is 0 Å². The van der Waals surface area contributed by atoms with E-state index in [4.69, 9.17) is 0 Å². The maximum atomic E-state index is 12.3. The monoisotopic (exact) mass is 284 g/mol. The minimum Gasteiger partial charge on any atom is -0.378 e. The molecule has 6 nitrogen and oxygen atoms in total. The topological polar surface area (TPSA) is 83.1 Å². The number of aryl methyl sites for hydroxylation is 1. The number of anilines is 1. The lowest BCUT2D eigenvalue weighted by molar-refractivity contribution is -0.123. The summed E-state index contributed by atoms with van der Waals surface area (Å²) in [6.45, 7) is 5.55. The molecule has 106 valence electrons. The molecule has 0 aliphatic carbocycles. The molecular weight excluding hydrogens is 264 g/mol. The Morgan fingerprint density at radius 2 is 1.89 bits per heavy atom. The van der Waals surface area contributed by atoms with Crippen LogP contribution < -0.4 is 16.0 Å². The molecule has 0 saturated carbocycles. The van der Waals surface area contributed by atoms with Gasteiger partial charge in [0, 0.05) is 14.1 Å². The standard InChI is InChI=1S/C12H20N4O2S/c1-6(2)9(11(18)13-4)15-10(17)8-7(3)16-19-12(8)14-5/h6,9,14H,1-5H3,(H,13,18)(H,15,17). The van der Waals surface area contributed by atoms with Crippen LogP contribution in [0.15, 0.2) is 0 Å². The molecule has 19 heavy (non-hydrogen) atoms. The minimum absolute atomic E-state index is 0.00818. The SMILES string of the molecule is CNC(=O)C(NC(=O)c1c(C)nsc1NC)C(C)C. The van der Waals surface area contributed by atoms with E-state index in [1.54, 1.807) is 21.0 Å². The van der Waals surface area contributed by atoms with Crippen molar-refractivity contribution in [3.63, 3.8) is 0 Å². The fourth-order valence-electron chi connectivity index (χ4n) is 1.71. The van der Waals surface area contributed by atoms with Crippen LogP contribution in [0.3, 0.4) is 0 Å². The zero-order valence-electron chi connectivity index (χ0n) is 11.8. The first-order valence-electron chi connectivity index (χ1n) is 6.08. The van der Waals surface area contributed by atoms with Crippen LogP contribution in [0.2, 0.25) is 0 Å². The summed E-state index contributed by atoms with van der Waals surface area (Å²) in [6.07, 6.45) is 0. The lowest BCUT2D eigenvalue weighted by atomic mass is 10.0. The van der Waals surface area contributed by atoms with Gasteiger partial charge in [0.1, 0.15) is 11.0 Å². The molecule has 0 spiro atoms. The third-order valence-corrected chi connectivity index (χ3v) is 3.75. The average molecular weight is 284 g/mol. The normalized spacial score (nSPS) is 12.1. The number of aromatic nitrogens is 1. The van der Waals surface area contributed by atoms with E-state index in [1.807, 2.05) is 13.8 Å². The van der Waals surface area contributed by atoms with Gasteiger partial charge in [0.2, 0.25) is 5.91 Å². The molecule has 3 N–H and O–H groups in total. The Morgan fingerprint density at radius 3 is 2.37 bits per heavy atom. The third-order valence-electron chi connectivity index (χ3n) is 2.80. The van der Waals surface area contributed by atoms with Gasteiger partial charge >= 0.3 is 0 Å². The zero-order chi connectivity index (χ0) is 14.6. The van der Waals surface area contributed by atoms with Gasteiger partial charge in [-0.2, -0.15) is 4.37 Å². The summed E-state index contributed by atoms with van der Waals surface area (Å²) in [6, 6.07) is -0.554. The minimum atomic E-state index is -0.554. The lowest BCUT2D eigenvalue weighted by Crippen LogP contribution is -2.48. The highest BCUT2D eigenvalue weighted by Crippen LogP contribution is 2.23. The van der Waals surface area contributed by atoms with Crippen molar-refractivity contribution in [1.29, 1.82) is 0 Å². The van der Waals surface area contributed by atoms with E-state index in [1.165, 1.54) is 11.5 Å². The molecule has 0 aliphatic rings. The van der Waals surface area contributed by atoms with Crippen LogP contribution >= 0.6 is 11.5 Å². The number of nitrogens with one attached hydrogen (secondary N) is 3. The van der Waals surface area contributed by atoms with Crippen molar-refractivity contribution < 1.29 is 9.59 Å². The predicted octanol–water partition coefficient (Wildman–Crippen LogP) is 0.994. The molecule has 1 unspecified atom stereocenters. The molecule has 1 aromatic heterocycles. The van der Waals surface area contributed by atoms with Gasteiger partial charge in [-0.1, -0.05) is 13.8 Å². The molecule has 0 bridgehead atoms. The molecule has 1 heterocycles. The van der Waals surface area contributed by atoms with Gasteiger partial charge in [-0.15, -0.1) is 0 Å². The van der Waals surface area contributed by atoms with Gasteiger partial charge in [0.15, 0.2) is 0 Å². The number of nitrogens with zero attached hydrogens (tertiary/aromatic N) is 1. The van der Waals surface area contributed by atoms with Crippen LogP contribution in [0.4, 0.5) is 5.00 Å². The Labute approximate surface area is 117 Å². The lowest BCUT2D eigenvalue weighted by Gasteiger charge is -2.20. The Morgan fingerprint density at radius 1 is 1.26 bits per heavy atom. The highest BCUT2D eigenvalue weighted by Gasteiger charge is 2.26. The molecule has 0 aliphatic heterocycles. The second kappa shape index (κ2) is 6.51.